The standard InChI is InChI=1S/C12H14ClN7O4/c1-6(16-12(17-21)10-11(14)19-24-18-10)5-15-9-3-2-7(20(22)23)4-8(9)13/h2-4,6,15,21H,5H2,1H3,(H2,14,19)(H,16,17)/t6-/m1/s1. The van der Waals surface area contributed by atoms with Crippen molar-refractivity contribution < 1.29 is 14.8 Å². The van der Waals surface area contributed by atoms with Crippen molar-refractivity contribution in [2.24, 2.45) is 4.99 Å². The molecule has 2 rings (SSSR count). The van der Waals surface area contributed by atoms with Gasteiger partial charge in [0.25, 0.3) is 5.69 Å². The van der Waals surface area contributed by atoms with Gasteiger partial charge in [-0.15, -0.1) is 0 Å². The van der Waals surface area contributed by atoms with Gasteiger partial charge in [0.15, 0.2) is 17.3 Å². The van der Waals surface area contributed by atoms with Crippen molar-refractivity contribution in [3.8, 4) is 0 Å². The summed E-state index contributed by atoms with van der Waals surface area (Å²) in [5.74, 6) is -0.0216. The minimum atomic E-state index is -0.530. The third kappa shape index (κ3) is 4.08. The summed E-state index contributed by atoms with van der Waals surface area (Å²) in [6.07, 6.45) is 0. The minimum Gasteiger partial charge on any atom is -0.382 e. The van der Waals surface area contributed by atoms with Crippen molar-refractivity contribution in [2.45, 2.75) is 13.0 Å². The summed E-state index contributed by atoms with van der Waals surface area (Å²) in [6, 6.07) is 3.76. The Morgan fingerprint density at radius 3 is 2.88 bits per heavy atom. The van der Waals surface area contributed by atoms with E-state index in [1.54, 1.807) is 6.92 Å². The van der Waals surface area contributed by atoms with Crippen molar-refractivity contribution >= 4 is 34.6 Å². The molecule has 12 heteroatoms. The van der Waals surface area contributed by atoms with E-state index in [0.717, 1.165) is 0 Å². The summed E-state index contributed by atoms with van der Waals surface area (Å²) in [6.45, 7) is 2.08. The number of nitrogens with two attached hydrogens (primary N) is 1. The molecular weight excluding hydrogens is 342 g/mol. The SMILES string of the molecule is C[C@H](CNc1ccc([N+](=O)[O-])cc1Cl)N=C(NO)c1nonc1N. The summed E-state index contributed by atoms with van der Waals surface area (Å²) in [4.78, 5) is 14.3. The van der Waals surface area contributed by atoms with Crippen LogP contribution < -0.4 is 16.5 Å². The number of halogens is 1. The van der Waals surface area contributed by atoms with Crippen LogP contribution in [0.1, 0.15) is 12.6 Å². The number of rotatable bonds is 6. The Morgan fingerprint density at radius 2 is 2.33 bits per heavy atom. The van der Waals surface area contributed by atoms with Crippen LogP contribution in [0.25, 0.3) is 0 Å². The monoisotopic (exact) mass is 355 g/mol. The first-order valence-corrected chi connectivity index (χ1v) is 7.04. The highest BCUT2D eigenvalue weighted by Gasteiger charge is 2.15. The Balaban J connectivity index is 2.05. The first kappa shape index (κ1) is 17.4. The number of hydrogen-bond acceptors (Lipinski definition) is 9. The van der Waals surface area contributed by atoms with Crippen molar-refractivity contribution in [3.05, 3.63) is 39.0 Å². The Bertz CT molecular complexity index is 764. The fraction of sp³-hybridized carbons (Fsp3) is 0.250. The molecule has 0 spiro atoms. The van der Waals surface area contributed by atoms with Crippen LogP contribution >= 0.6 is 11.6 Å². The molecule has 0 fully saturated rings. The molecule has 0 unspecified atom stereocenters. The predicted molar refractivity (Wildman–Crippen MR) is 86.2 cm³/mol. The maximum atomic E-state index is 10.7. The number of anilines is 2. The van der Waals surface area contributed by atoms with E-state index in [2.05, 4.69) is 25.3 Å². The molecule has 1 aromatic carbocycles. The maximum Gasteiger partial charge on any atom is 0.271 e. The molecule has 0 aliphatic rings. The van der Waals surface area contributed by atoms with Crippen LogP contribution in [0, 0.1) is 10.1 Å². The first-order chi connectivity index (χ1) is 11.4. The smallest absolute Gasteiger partial charge is 0.271 e. The molecule has 0 bridgehead atoms. The van der Waals surface area contributed by atoms with Gasteiger partial charge in [0.1, 0.15) is 0 Å². The quantitative estimate of drug-likeness (QED) is 0.259. The lowest BCUT2D eigenvalue weighted by Crippen LogP contribution is -2.26. The van der Waals surface area contributed by atoms with E-state index >= 15 is 0 Å². The molecule has 1 atom stereocenters. The molecular formula is C12H14ClN7O4. The number of non-ortho nitro benzene ring substituents is 1. The number of nitrogen functional groups attached to an aromatic ring is 1. The molecule has 24 heavy (non-hydrogen) atoms. The highest BCUT2D eigenvalue weighted by Crippen LogP contribution is 2.26. The lowest BCUT2D eigenvalue weighted by molar-refractivity contribution is -0.384. The number of nitrogens with zero attached hydrogens (tertiary/aromatic N) is 4. The molecule has 128 valence electrons. The van der Waals surface area contributed by atoms with Gasteiger partial charge >= 0.3 is 0 Å². The van der Waals surface area contributed by atoms with Crippen LogP contribution in [0.5, 0.6) is 0 Å². The van der Waals surface area contributed by atoms with Crippen LogP contribution in [0.4, 0.5) is 17.2 Å². The molecule has 0 saturated heterocycles. The largest absolute Gasteiger partial charge is 0.382 e. The molecule has 0 saturated carbocycles. The Kier molecular flexibility index (Phi) is 5.50. The molecule has 1 heterocycles. The van der Waals surface area contributed by atoms with E-state index in [4.69, 9.17) is 22.5 Å². The number of aliphatic imine (C=N–C) groups is 1. The van der Waals surface area contributed by atoms with E-state index in [0.29, 0.717) is 12.2 Å². The van der Waals surface area contributed by atoms with E-state index in [9.17, 15) is 10.1 Å². The summed E-state index contributed by atoms with van der Waals surface area (Å²) in [7, 11) is 0. The summed E-state index contributed by atoms with van der Waals surface area (Å²) in [5, 5.41) is 29.9. The molecule has 11 nitrogen and oxygen atoms in total. The predicted octanol–water partition coefficient (Wildman–Crippen LogP) is 1.44. The number of aromatic nitrogens is 2. The van der Waals surface area contributed by atoms with Gasteiger partial charge in [-0.2, -0.15) is 0 Å². The van der Waals surface area contributed by atoms with Gasteiger partial charge in [0, 0.05) is 18.7 Å². The van der Waals surface area contributed by atoms with Crippen molar-refractivity contribution in [1.82, 2.24) is 15.8 Å². The molecule has 0 radical (unpaired) electrons. The van der Waals surface area contributed by atoms with Gasteiger partial charge in [0.05, 0.1) is 21.7 Å². The van der Waals surface area contributed by atoms with Gasteiger partial charge in [-0.05, 0) is 23.3 Å². The Hall–Kier alpha value is -2.92. The number of hydrogen-bond donors (Lipinski definition) is 4. The fourth-order valence-corrected chi connectivity index (χ4v) is 2.03. The van der Waals surface area contributed by atoms with Gasteiger partial charge < -0.3 is 11.1 Å². The minimum absolute atomic E-state index is 0.00199. The van der Waals surface area contributed by atoms with Crippen LogP contribution in [0.15, 0.2) is 27.8 Å². The first-order valence-electron chi connectivity index (χ1n) is 6.66. The van der Waals surface area contributed by atoms with Crippen LogP contribution in [0.2, 0.25) is 5.02 Å². The van der Waals surface area contributed by atoms with Gasteiger partial charge in [-0.25, -0.2) is 4.63 Å². The topological polar surface area (TPSA) is 165 Å². The van der Waals surface area contributed by atoms with Gasteiger partial charge in [0.2, 0.25) is 0 Å². The van der Waals surface area contributed by atoms with Crippen molar-refractivity contribution in [2.75, 3.05) is 17.6 Å². The van der Waals surface area contributed by atoms with Crippen molar-refractivity contribution in [1.29, 1.82) is 0 Å². The molecule has 0 amide bonds. The highest BCUT2D eigenvalue weighted by atomic mass is 35.5. The molecule has 5 N–H and O–H groups in total. The number of nitro groups is 1. The maximum absolute atomic E-state index is 10.7. The zero-order valence-electron chi connectivity index (χ0n) is 12.4. The molecule has 1 aromatic heterocycles. The second-order valence-electron chi connectivity index (χ2n) is 4.74. The van der Waals surface area contributed by atoms with E-state index in [1.807, 2.05) is 5.48 Å². The van der Waals surface area contributed by atoms with E-state index in [1.165, 1.54) is 18.2 Å². The highest BCUT2D eigenvalue weighted by molar-refractivity contribution is 6.33. The number of benzene rings is 1. The normalized spacial score (nSPS) is 12.7. The Morgan fingerprint density at radius 1 is 1.58 bits per heavy atom. The van der Waals surface area contributed by atoms with Gasteiger partial charge in [-0.1, -0.05) is 11.6 Å². The zero-order valence-corrected chi connectivity index (χ0v) is 13.2. The number of nitrogens with one attached hydrogen (secondary N) is 2. The zero-order chi connectivity index (χ0) is 17.7. The molecule has 0 aliphatic carbocycles. The molecule has 2 aromatic rings. The lowest BCUT2D eigenvalue weighted by Gasteiger charge is -2.12. The fourth-order valence-electron chi connectivity index (χ4n) is 1.79. The van der Waals surface area contributed by atoms with Crippen LogP contribution in [0.3, 0.4) is 0 Å². The average molecular weight is 356 g/mol. The van der Waals surface area contributed by atoms with Crippen LogP contribution in [-0.2, 0) is 0 Å². The Labute approximate surface area is 140 Å². The van der Waals surface area contributed by atoms with E-state index < -0.39 is 4.92 Å². The number of nitro benzene ring substituents is 1. The summed E-state index contributed by atoms with van der Waals surface area (Å²) >= 11 is 5.99. The summed E-state index contributed by atoms with van der Waals surface area (Å²) in [5.41, 5.74) is 7.91. The number of hydroxylamine groups is 1. The van der Waals surface area contributed by atoms with Gasteiger partial charge in [-0.3, -0.25) is 25.8 Å². The third-order valence-corrected chi connectivity index (χ3v) is 3.26. The second-order valence-corrected chi connectivity index (χ2v) is 5.15. The van der Waals surface area contributed by atoms with E-state index in [-0.39, 0.29) is 34.1 Å². The second kappa shape index (κ2) is 7.57. The molecule has 0 aliphatic heterocycles. The average Bonchev–Trinajstić information content (AvgIpc) is 2.97. The van der Waals surface area contributed by atoms with Crippen molar-refractivity contribution in [3.63, 3.8) is 0 Å². The van der Waals surface area contributed by atoms with Crippen LogP contribution in [-0.4, -0.2) is 38.9 Å². The third-order valence-electron chi connectivity index (χ3n) is 2.95. The number of amidine groups is 1. The summed E-state index contributed by atoms with van der Waals surface area (Å²) < 4.78 is 4.44. The lowest BCUT2D eigenvalue weighted by atomic mass is 10.2.